The van der Waals surface area contributed by atoms with Crippen molar-refractivity contribution in [3.05, 3.63) is 24.3 Å². The quantitative estimate of drug-likeness (QED) is 0.434. The van der Waals surface area contributed by atoms with Gasteiger partial charge in [0.2, 0.25) is 12.3 Å². The van der Waals surface area contributed by atoms with Crippen LogP contribution >= 0.6 is 0 Å². The fourth-order valence-corrected chi connectivity index (χ4v) is 3.33. The second kappa shape index (κ2) is 9.43. The van der Waals surface area contributed by atoms with Crippen molar-refractivity contribution in [2.45, 2.75) is 20.3 Å². The first-order valence-corrected chi connectivity index (χ1v) is 9.03. The van der Waals surface area contributed by atoms with E-state index in [1.807, 2.05) is 43.0 Å². The molecule has 0 spiro atoms. The van der Waals surface area contributed by atoms with Crippen LogP contribution in [0, 0.1) is 11.8 Å². The molecule has 7 heteroatoms. The Morgan fingerprint density at radius 2 is 1.85 bits per heavy atom. The molecule has 2 rings (SSSR count). The number of benzene rings is 1. The Morgan fingerprint density at radius 3 is 2.35 bits per heavy atom. The summed E-state index contributed by atoms with van der Waals surface area (Å²) >= 11 is 0. The van der Waals surface area contributed by atoms with Crippen LogP contribution in [0.5, 0.6) is 5.75 Å². The van der Waals surface area contributed by atoms with Gasteiger partial charge >= 0.3 is 0 Å². The van der Waals surface area contributed by atoms with Gasteiger partial charge in [0.05, 0.1) is 19.6 Å². The molecule has 0 aliphatic carbocycles. The highest BCUT2D eigenvalue weighted by Crippen LogP contribution is 2.22. The zero-order valence-corrected chi connectivity index (χ0v) is 15.8. The molecule has 0 radical (unpaired) electrons. The molecule has 0 saturated carbocycles. The van der Waals surface area contributed by atoms with Crippen LogP contribution in [0.15, 0.2) is 24.3 Å². The van der Waals surface area contributed by atoms with Gasteiger partial charge in [0, 0.05) is 31.9 Å². The van der Waals surface area contributed by atoms with Gasteiger partial charge in [0.1, 0.15) is 5.75 Å². The smallest absolute Gasteiger partial charge is 0.233 e. The summed E-state index contributed by atoms with van der Waals surface area (Å²) in [5.41, 5.74) is 1.11. The molecule has 0 bridgehead atoms. The largest absolute Gasteiger partial charge is 0.497 e. The van der Waals surface area contributed by atoms with Gasteiger partial charge in [-0.05, 0) is 36.6 Å². The van der Waals surface area contributed by atoms with Crippen molar-refractivity contribution in [2.24, 2.45) is 11.8 Å². The lowest BCUT2D eigenvalue weighted by Crippen LogP contribution is -2.51. The number of carbonyl (C=O) groups excluding carboxylic acids is 2. The number of hydroxylamine groups is 2. The molecule has 0 unspecified atom stereocenters. The van der Waals surface area contributed by atoms with Gasteiger partial charge < -0.3 is 14.5 Å². The van der Waals surface area contributed by atoms with Gasteiger partial charge in [-0.1, -0.05) is 13.8 Å². The number of anilines is 1. The lowest BCUT2D eigenvalue weighted by atomic mass is 9.95. The fourth-order valence-electron chi connectivity index (χ4n) is 3.33. The zero-order valence-electron chi connectivity index (χ0n) is 15.8. The Labute approximate surface area is 155 Å². The molecule has 1 heterocycles. The van der Waals surface area contributed by atoms with E-state index in [2.05, 4.69) is 4.90 Å². The molecule has 1 aromatic carbocycles. The van der Waals surface area contributed by atoms with E-state index in [1.165, 1.54) is 0 Å². The van der Waals surface area contributed by atoms with Crippen molar-refractivity contribution in [3.63, 3.8) is 0 Å². The predicted octanol–water partition coefficient (Wildman–Crippen LogP) is 1.85. The van der Waals surface area contributed by atoms with Gasteiger partial charge in [-0.25, -0.2) is 5.06 Å². The Morgan fingerprint density at radius 1 is 1.23 bits per heavy atom. The molecular formula is C19H29N3O4. The van der Waals surface area contributed by atoms with E-state index in [4.69, 9.17) is 4.74 Å². The molecule has 26 heavy (non-hydrogen) atoms. The average Bonchev–Trinajstić information content (AvgIpc) is 2.66. The molecule has 144 valence electrons. The molecular weight excluding hydrogens is 334 g/mol. The van der Waals surface area contributed by atoms with Crippen molar-refractivity contribution in [3.8, 4) is 5.75 Å². The first-order chi connectivity index (χ1) is 12.4. The minimum Gasteiger partial charge on any atom is -0.497 e. The number of nitrogens with zero attached hydrogens (tertiary/aromatic N) is 3. The number of hydrogen-bond donors (Lipinski definition) is 1. The molecule has 1 aliphatic heterocycles. The van der Waals surface area contributed by atoms with Crippen LogP contribution in [0.2, 0.25) is 0 Å². The van der Waals surface area contributed by atoms with Crippen LogP contribution < -0.4 is 9.64 Å². The molecule has 0 aromatic heterocycles. The highest BCUT2D eigenvalue weighted by atomic mass is 16.5. The molecule has 1 aromatic rings. The maximum Gasteiger partial charge on any atom is 0.233 e. The molecule has 1 atom stereocenters. The Kier molecular flexibility index (Phi) is 7.26. The SMILES string of the molecule is COc1ccc(N2CCN(C(=O)[C@@H](CC(C)C)CN(O)C=O)CC2)cc1. The standard InChI is InChI=1S/C19H29N3O4/c1-15(2)12-16(13-22(25)14-23)19(24)21-10-8-20(9-11-21)17-4-6-18(26-3)7-5-17/h4-7,14-16,25H,8-13H2,1-3H3/t16-/m0/s1. The van der Waals surface area contributed by atoms with Gasteiger partial charge in [-0.3, -0.25) is 14.8 Å². The molecule has 1 aliphatic rings. The van der Waals surface area contributed by atoms with Gasteiger partial charge in [-0.2, -0.15) is 0 Å². The summed E-state index contributed by atoms with van der Waals surface area (Å²) in [6, 6.07) is 7.90. The van der Waals surface area contributed by atoms with Crippen LogP contribution in [0.3, 0.4) is 0 Å². The Bertz CT molecular complexity index is 583. The lowest BCUT2D eigenvalue weighted by Gasteiger charge is -2.38. The van der Waals surface area contributed by atoms with E-state index >= 15 is 0 Å². The summed E-state index contributed by atoms with van der Waals surface area (Å²) in [6.07, 6.45) is 0.991. The van der Waals surface area contributed by atoms with Gasteiger partial charge in [0.15, 0.2) is 0 Å². The molecule has 7 nitrogen and oxygen atoms in total. The van der Waals surface area contributed by atoms with E-state index in [1.54, 1.807) is 7.11 Å². The van der Waals surface area contributed by atoms with Crippen molar-refractivity contribution in [2.75, 3.05) is 44.7 Å². The maximum atomic E-state index is 12.8. The Balaban J connectivity index is 1.95. The van der Waals surface area contributed by atoms with Crippen molar-refractivity contribution in [1.29, 1.82) is 0 Å². The van der Waals surface area contributed by atoms with E-state index in [0.717, 1.165) is 24.5 Å². The first kappa shape index (κ1) is 20.0. The minimum absolute atomic E-state index is 0.00832. The summed E-state index contributed by atoms with van der Waals surface area (Å²) in [7, 11) is 1.64. The van der Waals surface area contributed by atoms with Gasteiger partial charge in [-0.15, -0.1) is 0 Å². The maximum absolute atomic E-state index is 12.8. The number of hydrogen-bond acceptors (Lipinski definition) is 5. The van der Waals surface area contributed by atoms with E-state index in [-0.39, 0.29) is 18.4 Å². The van der Waals surface area contributed by atoms with E-state index in [9.17, 15) is 14.8 Å². The van der Waals surface area contributed by atoms with Crippen LogP contribution in [-0.4, -0.2) is 67.3 Å². The predicted molar refractivity (Wildman–Crippen MR) is 99.3 cm³/mol. The van der Waals surface area contributed by atoms with Crippen LogP contribution in [0.1, 0.15) is 20.3 Å². The van der Waals surface area contributed by atoms with Crippen molar-refractivity contribution >= 4 is 18.0 Å². The van der Waals surface area contributed by atoms with Crippen LogP contribution in [0.4, 0.5) is 5.69 Å². The second-order valence-corrected chi connectivity index (χ2v) is 7.06. The summed E-state index contributed by atoms with van der Waals surface area (Å²) in [5, 5.41) is 10.1. The molecule has 1 saturated heterocycles. The van der Waals surface area contributed by atoms with E-state index in [0.29, 0.717) is 36.9 Å². The number of rotatable bonds is 8. The molecule has 1 fully saturated rings. The molecule has 2 amide bonds. The van der Waals surface area contributed by atoms with Crippen molar-refractivity contribution in [1.82, 2.24) is 9.96 Å². The summed E-state index contributed by atoms with van der Waals surface area (Å²) in [6.45, 7) is 6.87. The van der Waals surface area contributed by atoms with Crippen LogP contribution in [-0.2, 0) is 9.59 Å². The number of ether oxygens (including phenoxy) is 1. The number of methoxy groups -OCH3 is 1. The summed E-state index contributed by atoms with van der Waals surface area (Å²) in [5.74, 6) is 0.763. The van der Waals surface area contributed by atoms with Gasteiger partial charge in [0.25, 0.3) is 0 Å². The normalized spacial score (nSPS) is 15.7. The third-order valence-electron chi connectivity index (χ3n) is 4.66. The van der Waals surface area contributed by atoms with Crippen molar-refractivity contribution < 1.29 is 19.5 Å². The third-order valence-corrected chi connectivity index (χ3v) is 4.66. The highest BCUT2D eigenvalue weighted by Gasteiger charge is 2.29. The summed E-state index contributed by atoms with van der Waals surface area (Å²) in [4.78, 5) is 27.6. The fraction of sp³-hybridized carbons (Fsp3) is 0.579. The number of amides is 2. The summed E-state index contributed by atoms with van der Waals surface area (Å²) < 4.78 is 5.18. The van der Waals surface area contributed by atoms with E-state index < -0.39 is 0 Å². The third kappa shape index (κ3) is 5.36. The minimum atomic E-state index is -0.377. The molecule has 1 N–H and O–H groups in total. The second-order valence-electron chi connectivity index (χ2n) is 7.06. The topological polar surface area (TPSA) is 73.3 Å². The van der Waals surface area contributed by atoms with Crippen LogP contribution in [0.25, 0.3) is 0 Å². The zero-order chi connectivity index (χ0) is 19.1. The highest BCUT2D eigenvalue weighted by molar-refractivity contribution is 5.79. The lowest BCUT2D eigenvalue weighted by molar-refractivity contribution is -0.157. The first-order valence-electron chi connectivity index (χ1n) is 9.03. The number of piperazine rings is 1. The Hall–Kier alpha value is -2.28. The monoisotopic (exact) mass is 363 g/mol. The average molecular weight is 363 g/mol. The number of carbonyl (C=O) groups is 2.